The molecule has 0 amide bonds. The number of fused-ring (bicyclic) bond motifs is 1. The van der Waals surface area contributed by atoms with Gasteiger partial charge in [-0.2, -0.15) is 0 Å². The van der Waals surface area contributed by atoms with Gasteiger partial charge in [0.2, 0.25) is 0 Å². The molecule has 0 saturated carbocycles. The van der Waals surface area contributed by atoms with Crippen molar-refractivity contribution in [1.29, 1.82) is 0 Å². The molecule has 0 radical (unpaired) electrons. The SMILES string of the molecule is Cc1ccccc1-c1ncc2cc[nH]c(=O)c2n1. The summed E-state index contributed by atoms with van der Waals surface area (Å²) < 4.78 is 0. The van der Waals surface area contributed by atoms with Gasteiger partial charge in [-0.1, -0.05) is 24.3 Å². The average Bonchev–Trinajstić information content (AvgIpc) is 2.40. The summed E-state index contributed by atoms with van der Waals surface area (Å²) in [5, 5.41) is 0.746. The normalized spacial score (nSPS) is 10.7. The Morgan fingerprint density at radius 3 is 2.83 bits per heavy atom. The van der Waals surface area contributed by atoms with Gasteiger partial charge >= 0.3 is 0 Å². The maximum Gasteiger partial charge on any atom is 0.274 e. The van der Waals surface area contributed by atoms with Crippen LogP contribution in [0.25, 0.3) is 22.3 Å². The quantitative estimate of drug-likeness (QED) is 0.706. The van der Waals surface area contributed by atoms with Crippen LogP contribution in [0.15, 0.2) is 47.5 Å². The minimum Gasteiger partial charge on any atom is -0.327 e. The van der Waals surface area contributed by atoms with Crippen molar-refractivity contribution < 1.29 is 0 Å². The summed E-state index contributed by atoms with van der Waals surface area (Å²) in [6, 6.07) is 9.64. The Labute approximate surface area is 103 Å². The van der Waals surface area contributed by atoms with E-state index in [2.05, 4.69) is 15.0 Å². The van der Waals surface area contributed by atoms with Gasteiger partial charge in [-0.05, 0) is 18.6 Å². The molecular formula is C14H11N3O. The molecule has 0 saturated heterocycles. The predicted molar refractivity (Wildman–Crippen MR) is 70.3 cm³/mol. The number of H-pyrrole nitrogens is 1. The zero-order valence-corrected chi connectivity index (χ0v) is 9.84. The zero-order chi connectivity index (χ0) is 12.5. The lowest BCUT2D eigenvalue weighted by Gasteiger charge is -2.04. The Hall–Kier alpha value is -2.49. The van der Waals surface area contributed by atoms with Crippen LogP contribution in [0.1, 0.15) is 5.56 Å². The van der Waals surface area contributed by atoms with Crippen molar-refractivity contribution in [1.82, 2.24) is 15.0 Å². The number of aromatic nitrogens is 3. The summed E-state index contributed by atoms with van der Waals surface area (Å²) in [5.41, 5.74) is 2.27. The molecule has 0 bridgehead atoms. The van der Waals surface area contributed by atoms with Crippen LogP contribution in [0.3, 0.4) is 0 Å². The smallest absolute Gasteiger partial charge is 0.274 e. The van der Waals surface area contributed by atoms with Gasteiger partial charge in [0.25, 0.3) is 5.56 Å². The van der Waals surface area contributed by atoms with Crippen LogP contribution in [0, 0.1) is 6.92 Å². The molecule has 4 heteroatoms. The van der Waals surface area contributed by atoms with E-state index in [9.17, 15) is 4.79 Å². The van der Waals surface area contributed by atoms with Crippen LogP contribution in [0.5, 0.6) is 0 Å². The van der Waals surface area contributed by atoms with E-state index in [1.807, 2.05) is 31.2 Å². The van der Waals surface area contributed by atoms with Gasteiger partial charge in [0.15, 0.2) is 5.82 Å². The number of hydrogen-bond acceptors (Lipinski definition) is 3. The van der Waals surface area contributed by atoms with Crippen molar-refractivity contribution in [2.45, 2.75) is 6.92 Å². The molecule has 0 fully saturated rings. The highest BCUT2D eigenvalue weighted by Crippen LogP contribution is 2.19. The van der Waals surface area contributed by atoms with Crippen LogP contribution in [-0.4, -0.2) is 15.0 Å². The largest absolute Gasteiger partial charge is 0.327 e. The lowest BCUT2D eigenvalue weighted by atomic mass is 10.1. The first-order valence-corrected chi connectivity index (χ1v) is 5.66. The molecular weight excluding hydrogens is 226 g/mol. The van der Waals surface area contributed by atoms with Crippen molar-refractivity contribution in [2.75, 3.05) is 0 Å². The van der Waals surface area contributed by atoms with E-state index in [0.29, 0.717) is 11.3 Å². The van der Waals surface area contributed by atoms with Crippen LogP contribution in [-0.2, 0) is 0 Å². The number of aromatic amines is 1. The van der Waals surface area contributed by atoms with Crippen molar-refractivity contribution >= 4 is 10.9 Å². The standard InChI is InChI=1S/C14H11N3O/c1-9-4-2-3-5-11(9)13-16-8-10-6-7-15-14(18)12(10)17-13/h2-8H,1H3,(H,15,18). The highest BCUT2D eigenvalue weighted by molar-refractivity contribution is 5.78. The van der Waals surface area contributed by atoms with Crippen molar-refractivity contribution in [3.05, 3.63) is 58.6 Å². The fourth-order valence-corrected chi connectivity index (χ4v) is 1.92. The molecule has 2 heterocycles. The van der Waals surface area contributed by atoms with Gasteiger partial charge in [0, 0.05) is 23.3 Å². The van der Waals surface area contributed by atoms with Crippen molar-refractivity contribution in [3.8, 4) is 11.4 Å². The molecule has 88 valence electrons. The molecule has 3 rings (SSSR count). The summed E-state index contributed by atoms with van der Waals surface area (Å²) >= 11 is 0. The van der Waals surface area contributed by atoms with Gasteiger partial charge in [-0.3, -0.25) is 4.79 Å². The predicted octanol–water partition coefficient (Wildman–Crippen LogP) is 2.29. The van der Waals surface area contributed by atoms with E-state index in [1.54, 1.807) is 18.5 Å². The third kappa shape index (κ3) is 1.68. The number of hydrogen-bond donors (Lipinski definition) is 1. The van der Waals surface area contributed by atoms with Crippen molar-refractivity contribution in [2.24, 2.45) is 0 Å². The Morgan fingerprint density at radius 2 is 2.00 bits per heavy atom. The summed E-state index contributed by atoms with van der Waals surface area (Å²) in [6.45, 7) is 2.00. The molecule has 1 aromatic carbocycles. The molecule has 2 aromatic heterocycles. The van der Waals surface area contributed by atoms with Gasteiger partial charge in [-0.15, -0.1) is 0 Å². The Balaban J connectivity index is 2.29. The first-order valence-electron chi connectivity index (χ1n) is 5.66. The van der Waals surface area contributed by atoms with Crippen LogP contribution in [0.2, 0.25) is 0 Å². The fourth-order valence-electron chi connectivity index (χ4n) is 1.92. The first kappa shape index (κ1) is 10.7. The first-order chi connectivity index (χ1) is 8.75. The zero-order valence-electron chi connectivity index (χ0n) is 9.84. The van der Waals surface area contributed by atoms with E-state index >= 15 is 0 Å². The molecule has 0 spiro atoms. The topological polar surface area (TPSA) is 58.6 Å². The van der Waals surface area contributed by atoms with Crippen LogP contribution < -0.4 is 5.56 Å². The summed E-state index contributed by atoms with van der Waals surface area (Å²) in [6.07, 6.45) is 3.28. The molecule has 0 aliphatic carbocycles. The van der Waals surface area contributed by atoms with E-state index in [1.165, 1.54) is 0 Å². The molecule has 0 aliphatic rings. The summed E-state index contributed by atoms with van der Waals surface area (Å²) in [4.78, 5) is 23.0. The second-order valence-corrected chi connectivity index (χ2v) is 4.12. The molecule has 0 aliphatic heterocycles. The van der Waals surface area contributed by atoms with Crippen LogP contribution >= 0.6 is 0 Å². The number of nitrogens with one attached hydrogen (secondary N) is 1. The van der Waals surface area contributed by atoms with Gasteiger partial charge in [0.05, 0.1) is 0 Å². The van der Waals surface area contributed by atoms with E-state index in [4.69, 9.17) is 0 Å². The summed E-state index contributed by atoms with van der Waals surface area (Å²) in [5.74, 6) is 0.581. The van der Waals surface area contributed by atoms with E-state index < -0.39 is 0 Å². The molecule has 1 N–H and O–H groups in total. The number of nitrogens with zero attached hydrogens (tertiary/aromatic N) is 2. The Bertz CT molecular complexity index is 777. The molecule has 3 aromatic rings. The molecule has 0 atom stereocenters. The Kier molecular flexibility index (Phi) is 2.41. The van der Waals surface area contributed by atoms with Gasteiger partial charge < -0.3 is 4.98 Å². The number of rotatable bonds is 1. The third-order valence-corrected chi connectivity index (χ3v) is 2.90. The lowest BCUT2D eigenvalue weighted by Crippen LogP contribution is -2.07. The minimum absolute atomic E-state index is 0.190. The van der Waals surface area contributed by atoms with Crippen molar-refractivity contribution in [3.63, 3.8) is 0 Å². The number of benzene rings is 1. The fraction of sp³-hybridized carbons (Fsp3) is 0.0714. The minimum atomic E-state index is -0.190. The highest BCUT2D eigenvalue weighted by atomic mass is 16.1. The Morgan fingerprint density at radius 1 is 1.17 bits per heavy atom. The maximum absolute atomic E-state index is 11.7. The third-order valence-electron chi connectivity index (χ3n) is 2.90. The van der Waals surface area contributed by atoms with E-state index in [-0.39, 0.29) is 5.56 Å². The molecule has 18 heavy (non-hydrogen) atoms. The summed E-state index contributed by atoms with van der Waals surface area (Å²) in [7, 11) is 0. The van der Waals surface area contributed by atoms with Crippen LogP contribution in [0.4, 0.5) is 0 Å². The second kappa shape index (κ2) is 4.07. The number of pyridine rings is 1. The average molecular weight is 237 g/mol. The van der Waals surface area contributed by atoms with E-state index in [0.717, 1.165) is 16.5 Å². The monoisotopic (exact) mass is 237 g/mol. The maximum atomic E-state index is 11.7. The molecule has 0 unspecified atom stereocenters. The molecule has 4 nitrogen and oxygen atoms in total. The highest BCUT2D eigenvalue weighted by Gasteiger charge is 2.07. The van der Waals surface area contributed by atoms with Gasteiger partial charge in [0.1, 0.15) is 5.52 Å². The number of aryl methyl sites for hydroxylation is 1. The lowest BCUT2D eigenvalue weighted by molar-refractivity contribution is 1.17. The second-order valence-electron chi connectivity index (χ2n) is 4.12. The van der Waals surface area contributed by atoms with Gasteiger partial charge in [-0.25, -0.2) is 9.97 Å².